The maximum absolute atomic E-state index is 13.2. The first-order valence-corrected chi connectivity index (χ1v) is 9.19. The van der Waals surface area contributed by atoms with Gasteiger partial charge in [0.05, 0.1) is 5.69 Å². The van der Waals surface area contributed by atoms with Crippen LogP contribution < -0.4 is 0 Å². The van der Waals surface area contributed by atoms with Crippen LogP contribution in [0, 0.1) is 20.8 Å². The Bertz CT molecular complexity index is 1250. The van der Waals surface area contributed by atoms with Gasteiger partial charge in [-0.25, -0.2) is 0 Å². The lowest BCUT2D eigenvalue weighted by atomic mass is 9.95. The fraction of sp³-hybridized carbons (Fsp3) is 0.120. The molecule has 1 aromatic heterocycles. The second kappa shape index (κ2) is 5.62. The van der Waals surface area contributed by atoms with Crippen LogP contribution in [-0.4, -0.2) is 10.8 Å². The number of aromatic nitrogens is 1. The van der Waals surface area contributed by atoms with Crippen LogP contribution in [0.3, 0.4) is 0 Å². The number of pyridine rings is 1. The number of nitrogens with zero attached hydrogens (tertiary/aromatic N) is 1. The lowest BCUT2D eigenvalue weighted by Gasteiger charge is -2.11. The van der Waals surface area contributed by atoms with Gasteiger partial charge in [-0.2, -0.15) is 0 Å². The van der Waals surface area contributed by atoms with Crippen LogP contribution in [0.15, 0.2) is 60.8 Å². The van der Waals surface area contributed by atoms with E-state index in [2.05, 4.69) is 61.3 Å². The minimum Gasteiger partial charge on any atom is -0.289 e. The smallest absolute Gasteiger partial charge is 0.194 e. The molecule has 0 aliphatic heterocycles. The maximum Gasteiger partial charge on any atom is 0.194 e. The fourth-order valence-corrected chi connectivity index (χ4v) is 4.28. The molecule has 0 saturated heterocycles. The van der Waals surface area contributed by atoms with Crippen molar-refractivity contribution in [2.45, 2.75) is 20.8 Å². The van der Waals surface area contributed by atoms with Crippen molar-refractivity contribution in [2.75, 3.05) is 0 Å². The Morgan fingerprint density at radius 1 is 0.667 bits per heavy atom. The molecule has 2 nitrogen and oxygen atoms in total. The van der Waals surface area contributed by atoms with Gasteiger partial charge in [-0.1, -0.05) is 47.0 Å². The highest BCUT2D eigenvalue weighted by atomic mass is 16.1. The molecule has 0 bridgehead atoms. The summed E-state index contributed by atoms with van der Waals surface area (Å²) >= 11 is 0. The second-order valence-electron chi connectivity index (χ2n) is 7.50. The monoisotopic (exact) mass is 349 g/mol. The third-order valence-electron chi connectivity index (χ3n) is 5.38. The van der Waals surface area contributed by atoms with E-state index >= 15 is 0 Å². The van der Waals surface area contributed by atoms with Crippen molar-refractivity contribution in [3.63, 3.8) is 0 Å². The standard InChI is InChI=1S/C25H19NO/c1-14-4-5-18-19-6-7-21-20(23(19)25(27)22(18)13-14)8-9-26-24(21)17-11-15(2)10-16(3)12-17/h4-13H,1-3H3. The average molecular weight is 349 g/mol. The van der Waals surface area contributed by atoms with Crippen molar-refractivity contribution in [2.24, 2.45) is 0 Å². The van der Waals surface area contributed by atoms with Crippen LogP contribution in [0.1, 0.15) is 32.6 Å². The van der Waals surface area contributed by atoms with Crippen molar-refractivity contribution < 1.29 is 4.79 Å². The van der Waals surface area contributed by atoms with Gasteiger partial charge in [-0.3, -0.25) is 9.78 Å². The van der Waals surface area contributed by atoms with Crippen molar-refractivity contribution in [3.8, 4) is 22.4 Å². The Morgan fingerprint density at radius 3 is 2.19 bits per heavy atom. The van der Waals surface area contributed by atoms with Crippen molar-refractivity contribution in [3.05, 3.63) is 88.6 Å². The number of hydrogen-bond acceptors (Lipinski definition) is 2. The Kier molecular flexibility index (Phi) is 3.32. The lowest BCUT2D eigenvalue weighted by Crippen LogP contribution is -1.98. The molecule has 5 rings (SSSR count). The van der Waals surface area contributed by atoms with E-state index in [1.807, 2.05) is 25.3 Å². The summed E-state index contributed by atoms with van der Waals surface area (Å²) in [5.74, 6) is 0.117. The van der Waals surface area contributed by atoms with Crippen LogP contribution in [-0.2, 0) is 0 Å². The summed E-state index contributed by atoms with van der Waals surface area (Å²) in [4.78, 5) is 17.9. The molecule has 4 aromatic rings. The summed E-state index contributed by atoms with van der Waals surface area (Å²) in [5, 5.41) is 2.01. The van der Waals surface area contributed by atoms with E-state index in [-0.39, 0.29) is 5.78 Å². The molecule has 0 radical (unpaired) electrons. The highest BCUT2D eigenvalue weighted by Crippen LogP contribution is 2.42. The van der Waals surface area contributed by atoms with E-state index in [0.29, 0.717) is 0 Å². The Hall–Kier alpha value is -3.26. The minimum atomic E-state index is 0.117. The molecular weight excluding hydrogens is 330 g/mol. The van der Waals surface area contributed by atoms with E-state index in [4.69, 9.17) is 0 Å². The molecule has 2 heteroatoms. The first-order chi connectivity index (χ1) is 13.0. The summed E-state index contributed by atoms with van der Waals surface area (Å²) in [7, 11) is 0. The number of carbonyl (C=O) groups is 1. The molecule has 3 aromatic carbocycles. The molecule has 1 aliphatic carbocycles. The van der Waals surface area contributed by atoms with Gasteiger partial charge in [0.2, 0.25) is 0 Å². The molecular formula is C25H19NO. The Morgan fingerprint density at radius 2 is 1.41 bits per heavy atom. The second-order valence-corrected chi connectivity index (χ2v) is 7.50. The molecule has 0 saturated carbocycles. The number of hydrogen-bond donors (Lipinski definition) is 0. The summed E-state index contributed by atoms with van der Waals surface area (Å²) in [6.07, 6.45) is 1.82. The summed E-state index contributed by atoms with van der Waals surface area (Å²) in [5.41, 5.74) is 9.24. The average Bonchev–Trinajstić information content (AvgIpc) is 2.92. The minimum absolute atomic E-state index is 0.117. The number of fused-ring (bicyclic) bond motifs is 5. The van der Waals surface area contributed by atoms with Gasteiger partial charge >= 0.3 is 0 Å². The third-order valence-corrected chi connectivity index (χ3v) is 5.38. The zero-order chi connectivity index (χ0) is 18.7. The number of benzene rings is 3. The summed E-state index contributed by atoms with van der Waals surface area (Å²) < 4.78 is 0. The van der Waals surface area contributed by atoms with Crippen molar-refractivity contribution in [1.82, 2.24) is 4.98 Å². The SMILES string of the molecule is Cc1cc(C)cc(-c2nccc3c4c(ccc23)-c2ccc(C)cc2C4=O)c1. The van der Waals surface area contributed by atoms with E-state index in [1.165, 1.54) is 11.1 Å². The predicted molar refractivity (Wildman–Crippen MR) is 110 cm³/mol. The molecule has 1 aliphatic rings. The topological polar surface area (TPSA) is 30.0 Å². The van der Waals surface area contributed by atoms with Gasteiger partial charge in [0.25, 0.3) is 0 Å². The molecule has 0 fully saturated rings. The number of rotatable bonds is 1. The molecule has 0 spiro atoms. The van der Waals surface area contributed by atoms with Crippen LogP contribution in [0.4, 0.5) is 0 Å². The highest BCUT2D eigenvalue weighted by Gasteiger charge is 2.29. The molecule has 130 valence electrons. The molecule has 0 amide bonds. The first-order valence-electron chi connectivity index (χ1n) is 9.19. The van der Waals surface area contributed by atoms with Gasteiger partial charge < -0.3 is 0 Å². The Balaban J connectivity index is 1.81. The van der Waals surface area contributed by atoms with Crippen LogP contribution in [0.2, 0.25) is 0 Å². The van der Waals surface area contributed by atoms with Crippen molar-refractivity contribution >= 4 is 16.6 Å². The normalized spacial score (nSPS) is 12.3. The lowest BCUT2D eigenvalue weighted by molar-refractivity contribution is 0.104. The van der Waals surface area contributed by atoms with E-state index < -0.39 is 0 Å². The van der Waals surface area contributed by atoms with E-state index in [9.17, 15) is 4.79 Å². The van der Waals surface area contributed by atoms with Gasteiger partial charge in [0.1, 0.15) is 0 Å². The van der Waals surface area contributed by atoms with Gasteiger partial charge in [-0.05, 0) is 61.5 Å². The number of aryl methyl sites for hydroxylation is 3. The highest BCUT2D eigenvalue weighted by molar-refractivity contribution is 6.28. The first kappa shape index (κ1) is 16.0. The predicted octanol–water partition coefficient (Wildman–Crippen LogP) is 6.04. The molecule has 0 unspecified atom stereocenters. The molecule has 0 N–H and O–H groups in total. The summed E-state index contributed by atoms with van der Waals surface area (Å²) in [6.45, 7) is 6.22. The number of carbonyl (C=O) groups excluding carboxylic acids is 1. The van der Waals surface area contributed by atoms with Crippen LogP contribution >= 0.6 is 0 Å². The zero-order valence-electron chi connectivity index (χ0n) is 15.6. The summed E-state index contributed by atoms with van der Waals surface area (Å²) in [6, 6.07) is 18.7. The largest absolute Gasteiger partial charge is 0.289 e. The molecule has 0 atom stereocenters. The van der Waals surface area contributed by atoms with Crippen LogP contribution in [0.25, 0.3) is 33.2 Å². The molecule has 27 heavy (non-hydrogen) atoms. The zero-order valence-corrected chi connectivity index (χ0v) is 15.6. The maximum atomic E-state index is 13.2. The van der Waals surface area contributed by atoms with Crippen molar-refractivity contribution in [1.29, 1.82) is 0 Å². The Labute approximate surface area is 158 Å². The van der Waals surface area contributed by atoms with Gasteiger partial charge in [-0.15, -0.1) is 0 Å². The fourth-order valence-electron chi connectivity index (χ4n) is 4.28. The van der Waals surface area contributed by atoms with Gasteiger partial charge in [0, 0.05) is 28.3 Å². The number of ketones is 1. The van der Waals surface area contributed by atoms with E-state index in [1.54, 1.807) is 0 Å². The third kappa shape index (κ3) is 2.33. The van der Waals surface area contributed by atoms with E-state index in [0.717, 1.165) is 49.8 Å². The quantitative estimate of drug-likeness (QED) is 0.369. The van der Waals surface area contributed by atoms with Crippen LogP contribution in [0.5, 0.6) is 0 Å². The molecule has 1 heterocycles. The van der Waals surface area contributed by atoms with Gasteiger partial charge in [0.15, 0.2) is 5.78 Å².